The number of hydrogen-bond acceptors (Lipinski definition) is 5. The number of ether oxygens (including phenoxy) is 1. The highest BCUT2D eigenvalue weighted by Crippen LogP contribution is 2.36. The van der Waals surface area contributed by atoms with E-state index in [9.17, 15) is 14.4 Å². The molecule has 3 rings (SSSR count). The number of hydrogen-bond donors (Lipinski definition) is 2. The molecule has 0 spiro atoms. The Morgan fingerprint density at radius 3 is 2.82 bits per heavy atom. The number of rotatable bonds is 7. The predicted octanol–water partition coefficient (Wildman–Crippen LogP) is 3.05. The number of benzene rings is 2. The third-order valence-corrected chi connectivity index (χ3v) is 5.56. The Hall–Kier alpha value is -2.51. The molecule has 0 bridgehead atoms. The van der Waals surface area contributed by atoms with Crippen molar-refractivity contribution in [2.24, 2.45) is 0 Å². The van der Waals surface area contributed by atoms with E-state index in [0.29, 0.717) is 18.0 Å². The SMILES string of the molecule is O=C(COC(=O)C[C@H]1Sc2ccccc2NC1=O)NCCc1cccc(Cl)c1. The van der Waals surface area contributed by atoms with E-state index in [0.717, 1.165) is 16.1 Å². The predicted molar refractivity (Wildman–Crippen MR) is 108 cm³/mol. The molecule has 2 aromatic rings. The van der Waals surface area contributed by atoms with Gasteiger partial charge in [0.05, 0.1) is 17.4 Å². The second-order valence-electron chi connectivity index (χ2n) is 6.19. The third kappa shape index (κ3) is 5.74. The average Bonchev–Trinajstić information content (AvgIpc) is 2.67. The lowest BCUT2D eigenvalue weighted by atomic mass is 10.1. The molecule has 1 heterocycles. The van der Waals surface area contributed by atoms with Crippen molar-refractivity contribution in [3.63, 3.8) is 0 Å². The molecule has 28 heavy (non-hydrogen) atoms. The van der Waals surface area contributed by atoms with Crippen LogP contribution < -0.4 is 10.6 Å². The van der Waals surface area contributed by atoms with E-state index >= 15 is 0 Å². The molecule has 2 N–H and O–H groups in total. The van der Waals surface area contributed by atoms with E-state index in [1.165, 1.54) is 11.8 Å². The Morgan fingerprint density at radius 2 is 2.00 bits per heavy atom. The first-order chi connectivity index (χ1) is 13.5. The third-order valence-electron chi connectivity index (χ3n) is 4.05. The van der Waals surface area contributed by atoms with Crippen LogP contribution in [0.5, 0.6) is 0 Å². The van der Waals surface area contributed by atoms with Crippen LogP contribution in [0, 0.1) is 0 Å². The topological polar surface area (TPSA) is 84.5 Å². The molecule has 1 atom stereocenters. The van der Waals surface area contributed by atoms with E-state index in [4.69, 9.17) is 16.3 Å². The molecule has 6 nitrogen and oxygen atoms in total. The number of fused-ring (bicyclic) bond motifs is 1. The summed E-state index contributed by atoms with van der Waals surface area (Å²) >= 11 is 7.23. The summed E-state index contributed by atoms with van der Waals surface area (Å²) in [7, 11) is 0. The minimum Gasteiger partial charge on any atom is -0.456 e. The zero-order valence-electron chi connectivity index (χ0n) is 14.9. The highest BCUT2D eigenvalue weighted by molar-refractivity contribution is 8.01. The second kappa shape index (κ2) is 9.61. The Labute approximate surface area is 172 Å². The summed E-state index contributed by atoms with van der Waals surface area (Å²) in [5, 5.41) is 5.53. The molecule has 1 aliphatic heterocycles. The van der Waals surface area contributed by atoms with Crippen LogP contribution in [0.15, 0.2) is 53.4 Å². The lowest BCUT2D eigenvalue weighted by molar-refractivity contribution is -0.149. The fourth-order valence-corrected chi connectivity index (χ4v) is 3.98. The average molecular weight is 419 g/mol. The molecule has 0 radical (unpaired) electrons. The van der Waals surface area contributed by atoms with Crippen molar-refractivity contribution >= 4 is 46.8 Å². The molecule has 0 saturated carbocycles. The first-order valence-corrected chi connectivity index (χ1v) is 10.0. The van der Waals surface area contributed by atoms with Crippen molar-refractivity contribution in [3.05, 3.63) is 59.1 Å². The number of para-hydroxylation sites is 1. The summed E-state index contributed by atoms with van der Waals surface area (Å²) in [5.74, 6) is -1.22. The molecular formula is C20H19ClN2O4S. The van der Waals surface area contributed by atoms with Gasteiger partial charge >= 0.3 is 5.97 Å². The van der Waals surface area contributed by atoms with Crippen LogP contribution in [0.25, 0.3) is 0 Å². The summed E-state index contributed by atoms with van der Waals surface area (Å²) in [6.45, 7) is 0.0400. The number of esters is 1. The number of halogens is 1. The van der Waals surface area contributed by atoms with Crippen LogP contribution in [-0.4, -0.2) is 36.2 Å². The van der Waals surface area contributed by atoms with E-state index < -0.39 is 11.2 Å². The minimum absolute atomic E-state index is 0.0966. The molecule has 0 unspecified atom stereocenters. The first kappa shape index (κ1) is 20.2. The van der Waals surface area contributed by atoms with Gasteiger partial charge in [-0.1, -0.05) is 35.9 Å². The van der Waals surface area contributed by atoms with E-state index in [1.807, 2.05) is 42.5 Å². The van der Waals surface area contributed by atoms with Gasteiger partial charge in [-0.2, -0.15) is 0 Å². The molecule has 0 aliphatic carbocycles. The molecule has 1 aliphatic rings. The van der Waals surface area contributed by atoms with Crippen LogP contribution in [0.1, 0.15) is 12.0 Å². The summed E-state index contributed by atoms with van der Waals surface area (Å²) in [6.07, 6.45) is 0.527. The zero-order valence-corrected chi connectivity index (χ0v) is 16.5. The highest BCUT2D eigenvalue weighted by Gasteiger charge is 2.29. The first-order valence-electron chi connectivity index (χ1n) is 8.74. The van der Waals surface area contributed by atoms with Crippen LogP contribution in [0.3, 0.4) is 0 Å². The van der Waals surface area contributed by atoms with E-state index in [-0.39, 0.29) is 24.8 Å². The Balaban J connectivity index is 1.38. The van der Waals surface area contributed by atoms with Crippen molar-refractivity contribution < 1.29 is 19.1 Å². The monoisotopic (exact) mass is 418 g/mol. The molecule has 0 saturated heterocycles. The zero-order chi connectivity index (χ0) is 19.9. The number of thioether (sulfide) groups is 1. The molecular weight excluding hydrogens is 400 g/mol. The van der Waals surface area contributed by atoms with Gasteiger partial charge in [0.15, 0.2) is 6.61 Å². The lowest BCUT2D eigenvalue weighted by Crippen LogP contribution is -2.33. The largest absolute Gasteiger partial charge is 0.456 e. The number of anilines is 1. The van der Waals surface area contributed by atoms with Crippen molar-refractivity contribution in [2.45, 2.75) is 23.0 Å². The lowest BCUT2D eigenvalue weighted by Gasteiger charge is -2.23. The Bertz CT molecular complexity index is 890. The fraction of sp³-hybridized carbons (Fsp3) is 0.250. The van der Waals surface area contributed by atoms with Crippen LogP contribution in [0.2, 0.25) is 5.02 Å². The smallest absolute Gasteiger partial charge is 0.307 e. The van der Waals surface area contributed by atoms with Crippen LogP contribution in [-0.2, 0) is 25.5 Å². The van der Waals surface area contributed by atoms with Crippen LogP contribution in [0.4, 0.5) is 5.69 Å². The maximum atomic E-state index is 12.1. The van der Waals surface area contributed by atoms with Gasteiger partial charge in [0.25, 0.3) is 5.91 Å². The van der Waals surface area contributed by atoms with Crippen LogP contribution >= 0.6 is 23.4 Å². The van der Waals surface area contributed by atoms with Crippen molar-refractivity contribution in [2.75, 3.05) is 18.5 Å². The van der Waals surface area contributed by atoms with E-state index in [2.05, 4.69) is 10.6 Å². The van der Waals surface area contributed by atoms with Gasteiger partial charge in [-0.05, 0) is 36.2 Å². The second-order valence-corrected chi connectivity index (χ2v) is 7.87. The Kier molecular flexibility index (Phi) is 6.95. The van der Waals surface area contributed by atoms with Gasteiger partial charge in [0, 0.05) is 16.5 Å². The molecule has 8 heteroatoms. The van der Waals surface area contributed by atoms with Gasteiger partial charge in [-0.3, -0.25) is 14.4 Å². The minimum atomic E-state index is -0.586. The number of nitrogens with one attached hydrogen (secondary N) is 2. The van der Waals surface area contributed by atoms with Crippen molar-refractivity contribution in [1.29, 1.82) is 0 Å². The molecule has 0 fully saturated rings. The van der Waals surface area contributed by atoms with Gasteiger partial charge in [0.2, 0.25) is 5.91 Å². The molecule has 2 amide bonds. The molecule has 146 valence electrons. The number of carbonyl (C=O) groups is 3. The maximum Gasteiger partial charge on any atom is 0.307 e. The Morgan fingerprint density at radius 1 is 1.18 bits per heavy atom. The van der Waals surface area contributed by atoms with Gasteiger partial charge in [-0.15, -0.1) is 11.8 Å². The standard InChI is InChI=1S/C20H19ClN2O4S/c21-14-5-3-4-13(10-14)8-9-22-18(24)12-27-19(25)11-17-20(26)23-15-6-1-2-7-16(15)28-17/h1-7,10,17H,8-9,11-12H2,(H,22,24)(H,23,26)/t17-/m1/s1. The number of carbonyl (C=O) groups excluding carboxylic acids is 3. The van der Waals surface area contributed by atoms with Crippen molar-refractivity contribution in [1.82, 2.24) is 5.32 Å². The number of amides is 2. The summed E-state index contributed by atoms with van der Waals surface area (Å²) in [6, 6.07) is 14.8. The normalized spacial score (nSPS) is 15.3. The van der Waals surface area contributed by atoms with Gasteiger partial charge in [0.1, 0.15) is 0 Å². The summed E-state index contributed by atoms with van der Waals surface area (Å²) in [4.78, 5) is 36.8. The maximum absolute atomic E-state index is 12.1. The summed E-state index contributed by atoms with van der Waals surface area (Å²) in [5.41, 5.74) is 1.74. The van der Waals surface area contributed by atoms with Crippen molar-refractivity contribution in [3.8, 4) is 0 Å². The fourth-order valence-electron chi connectivity index (χ4n) is 2.67. The van der Waals surface area contributed by atoms with Gasteiger partial charge < -0.3 is 15.4 Å². The summed E-state index contributed by atoms with van der Waals surface area (Å²) < 4.78 is 5.00. The quantitative estimate of drug-likeness (QED) is 0.675. The molecule has 2 aromatic carbocycles. The van der Waals surface area contributed by atoms with Gasteiger partial charge in [-0.25, -0.2) is 0 Å². The highest BCUT2D eigenvalue weighted by atomic mass is 35.5. The molecule has 0 aromatic heterocycles. The van der Waals surface area contributed by atoms with E-state index in [1.54, 1.807) is 6.07 Å².